The second-order valence-corrected chi connectivity index (χ2v) is 8.13. The third-order valence-electron chi connectivity index (χ3n) is 5.27. The lowest BCUT2D eigenvalue weighted by Gasteiger charge is -2.09. The predicted molar refractivity (Wildman–Crippen MR) is 127 cm³/mol. The Kier molecular flexibility index (Phi) is 6.58. The minimum absolute atomic E-state index is 0.231. The smallest absolute Gasteiger partial charge is 0.492 e. The summed E-state index contributed by atoms with van der Waals surface area (Å²) >= 11 is 12.2. The summed E-state index contributed by atoms with van der Waals surface area (Å²) in [6, 6.07) is 19.2. The molecule has 0 aliphatic heterocycles. The van der Waals surface area contributed by atoms with Gasteiger partial charge in [0.2, 0.25) is 5.88 Å². The van der Waals surface area contributed by atoms with E-state index in [2.05, 4.69) is 4.98 Å². The number of para-hydroxylation sites is 1. The molecule has 0 amide bonds. The normalized spacial score (nSPS) is 11.0. The standard InChI is InChI=1S/C25H21Cl2NO4/c1-15-7-2-3-8-16(15)17-9-4-10-18-19(24(28-23(17)18)32-25(29)30)11-6-14-31-21-13-5-12-20(26)22(21)27/h2-5,7-10,12-13,28H,6,11,14H2,1H3,(H,29,30). The Hall–Kier alpha value is -3.15. The fourth-order valence-corrected chi connectivity index (χ4v) is 4.14. The molecular weight excluding hydrogens is 449 g/mol. The zero-order valence-electron chi connectivity index (χ0n) is 17.3. The summed E-state index contributed by atoms with van der Waals surface area (Å²) in [6.07, 6.45) is -0.185. The van der Waals surface area contributed by atoms with Crippen LogP contribution in [0.3, 0.4) is 0 Å². The molecule has 0 aliphatic carbocycles. The molecule has 0 aliphatic rings. The van der Waals surface area contributed by atoms with E-state index in [1.54, 1.807) is 18.2 Å². The molecule has 32 heavy (non-hydrogen) atoms. The third-order valence-corrected chi connectivity index (χ3v) is 6.07. The Bertz CT molecular complexity index is 1280. The number of carbonyl (C=O) groups is 1. The largest absolute Gasteiger partial charge is 0.512 e. The number of fused-ring (bicyclic) bond motifs is 1. The van der Waals surface area contributed by atoms with Crippen LogP contribution in [0.25, 0.3) is 22.0 Å². The molecule has 0 saturated carbocycles. The number of H-pyrrole nitrogens is 1. The molecule has 1 heterocycles. The molecule has 4 aromatic rings. The SMILES string of the molecule is Cc1ccccc1-c1cccc2c(CCCOc3cccc(Cl)c3Cl)c(OC(=O)O)[nH]c12. The number of aromatic nitrogens is 1. The Labute approximate surface area is 195 Å². The van der Waals surface area contributed by atoms with E-state index in [4.69, 9.17) is 32.7 Å². The van der Waals surface area contributed by atoms with Crippen LogP contribution in [0.5, 0.6) is 11.6 Å². The summed E-state index contributed by atoms with van der Waals surface area (Å²) in [7, 11) is 0. The maximum Gasteiger partial charge on any atom is 0.512 e. The molecule has 0 radical (unpaired) electrons. The average Bonchev–Trinajstić information content (AvgIpc) is 3.11. The van der Waals surface area contributed by atoms with E-state index in [0.717, 1.165) is 33.2 Å². The van der Waals surface area contributed by atoms with Gasteiger partial charge in [-0.1, -0.05) is 71.7 Å². The van der Waals surface area contributed by atoms with Crippen molar-refractivity contribution in [3.8, 4) is 22.8 Å². The molecule has 0 fully saturated rings. The van der Waals surface area contributed by atoms with Gasteiger partial charge in [0.25, 0.3) is 0 Å². The second-order valence-electron chi connectivity index (χ2n) is 7.35. The van der Waals surface area contributed by atoms with E-state index in [0.29, 0.717) is 35.2 Å². The summed E-state index contributed by atoms with van der Waals surface area (Å²) in [6.45, 7) is 2.43. The van der Waals surface area contributed by atoms with Crippen molar-refractivity contribution < 1.29 is 19.4 Å². The number of rotatable bonds is 7. The Morgan fingerprint density at radius 3 is 2.53 bits per heavy atom. The van der Waals surface area contributed by atoms with Crippen molar-refractivity contribution in [1.82, 2.24) is 4.98 Å². The first-order chi connectivity index (χ1) is 15.5. The number of aryl methyl sites for hydroxylation is 2. The highest BCUT2D eigenvalue weighted by Crippen LogP contribution is 2.37. The van der Waals surface area contributed by atoms with Gasteiger partial charge in [0.1, 0.15) is 10.8 Å². The van der Waals surface area contributed by atoms with Gasteiger partial charge in [0.15, 0.2) is 0 Å². The summed E-state index contributed by atoms with van der Waals surface area (Å²) in [5.41, 5.74) is 4.82. The zero-order valence-corrected chi connectivity index (χ0v) is 18.8. The first-order valence-electron chi connectivity index (χ1n) is 10.1. The van der Waals surface area contributed by atoms with E-state index < -0.39 is 6.16 Å². The number of carboxylic acid groups (broad SMARTS) is 1. The monoisotopic (exact) mass is 469 g/mol. The molecule has 5 nitrogen and oxygen atoms in total. The lowest BCUT2D eigenvalue weighted by molar-refractivity contribution is 0.142. The number of nitrogens with one attached hydrogen (secondary N) is 1. The Morgan fingerprint density at radius 2 is 1.75 bits per heavy atom. The number of aromatic amines is 1. The topological polar surface area (TPSA) is 71.6 Å². The molecule has 0 bridgehead atoms. The maximum absolute atomic E-state index is 11.3. The number of hydrogen-bond donors (Lipinski definition) is 2. The molecular formula is C25H21Cl2NO4. The number of ether oxygens (including phenoxy) is 2. The second kappa shape index (κ2) is 9.55. The van der Waals surface area contributed by atoms with Crippen LogP contribution >= 0.6 is 23.2 Å². The highest BCUT2D eigenvalue weighted by Gasteiger charge is 2.18. The molecule has 7 heteroatoms. The van der Waals surface area contributed by atoms with Gasteiger partial charge in [0, 0.05) is 16.5 Å². The number of hydrogen-bond acceptors (Lipinski definition) is 3. The molecule has 0 atom stereocenters. The van der Waals surface area contributed by atoms with Gasteiger partial charge in [-0.05, 0) is 43.0 Å². The molecule has 1 aromatic heterocycles. The summed E-state index contributed by atoms with van der Waals surface area (Å²) < 4.78 is 10.9. The molecule has 164 valence electrons. The first kappa shape index (κ1) is 22.1. The Balaban J connectivity index is 1.62. The fourth-order valence-electron chi connectivity index (χ4n) is 3.80. The fraction of sp³-hybridized carbons (Fsp3) is 0.160. The highest BCUT2D eigenvalue weighted by atomic mass is 35.5. The lowest BCUT2D eigenvalue weighted by atomic mass is 9.97. The van der Waals surface area contributed by atoms with Gasteiger partial charge in [0.05, 0.1) is 17.1 Å². The zero-order chi connectivity index (χ0) is 22.7. The summed E-state index contributed by atoms with van der Waals surface area (Å²) in [4.78, 5) is 14.5. The van der Waals surface area contributed by atoms with Crippen LogP contribution in [0.15, 0.2) is 60.7 Å². The van der Waals surface area contributed by atoms with Crippen LogP contribution in [0, 0.1) is 6.92 Å². The predicted octanol–water partition coefficient (Wildman–Crippen LogP) is 7.52. The van der Waals surface area contributed by atoms with Gasteiger partial charge < -0.3 is 19.6 Å². The van der Waals surface area contributed by atoms with Gasteiger partial charge >= 0.3 is 6.16 Å². The van der Waals surface area contributed by atoms with Crippen molar-refractivity contribution in [1.29, 1.82) is 0 Å². The quantitative estimate of drug-likeness (QED) is 0.217. The van der Waals surface area contributed by atoms with Crippen molar-refractivity contribution in [2.45, 2.75) is 19.8 Å². The minimum atomic E-state index is -1.36. The third kappa shape index (κ3) is 4.54. The van der Waals surface area contributed by atoms with Gasteiger partial charge in [-0.2, -0.15) is 0 Å². The maximum atomic E-state index is 11.3. The van der Waals surface area contributed by atoms with Crippen LogP contribution < -0.4 is 9.47 Å². The molecule has 4 rings (SSSR count). The van der Waals surface area contributed by atoms with Gasteiger partial charge in [-0.25, -0.2) is 4.79 Å². The molecule has 0 saturated heterocycles. The molecule has 3 aromatic carbocycles. The number of benzene rings is 3. The van der Waals surface area contributed by atoms with Crippen molar-refractivity contribution in [2.75, 3.05) is 6.61 Å². The summed E-state index contributed by atoms with van der Waals surface area (Å²) in [5.74, 6) is 0.747. The van der Waals surface area contributed by atoms with Crippen molar-refractivity contribution in [3.05, 3.63) is 81.8 Å². The van der Waals surface area contributed by atoms with Crippen LogP contribution in [0.4, 0.5) is 4.79 Å². The van der Waals surface area contributed by atoms with E-state index >= 15 is 0 Å². The van der Waals surface area contributed by atoms with Crippen LogP contribution in [0.2, 0.25) is 10.0 Å². The first-order valence-corrected chi connectivity index (χ1v) is 10.9. The summed E-state index contributed by atoms with van der Waals surface area (Å²) in [5, 5.41) is 11.0. The average molecular weight is 470 g/mol. The van der Waals surface area contributed by atoms with E-state index in [9.17, 15) is 9.90 Å². The van der Waals surface area contributed by atoms with Crippen LogP contribution in [0.1, 0.15) is 17.5 Å². The Morgan fingerprint density at radius 1 is 1.00 bits per heavy atom. The minimum Gasteiger partial charge on any atom is -0.492 e. The number of halogens is 2. The van der Waals surface area contributed by atoms with E-state index in [-0.39, 0.29) is 5.88 Å². The van der Waals surface area contributed by atoms with Crippen LogP contribution in [-0.2, 0) is 6.42 Å². The van der Waals surface area contributed by atoms with Crippen LogP contribution in [-0.4, -0.2) is 22.9 Å². The van der Waals surface area contributed by atoms with Crippen molar-refractivity contribution in [3.63, 3.8) is 0 Å². The molecule has 0 spiro atoms. The van der Waals surface area contributed by atoms with Crippen molar-refractivity contribution in [2.24, 2.45) is 0 Å². The lowest BCUT2D eigenvalue weighted by Crippen LogP contribution is -2.06. The highest BCUT2D eigenvalue weighted by molar-refractivity contribution is 6.42. The van der Waals surface area contributed by atoms with Crippen molar-refractivity contribution >= 4 is 40.3 Å². The van der Waals surface area contributed by atoms with Gasteiger partial charge in [-0.3, -0.25) is 0 Å². The van der Waals surface area contributed by atoms with E-state index in [1.807, 2.05) is 49.4 Å². The molecule has 0 unspecified atom stereocenters. The van der Waals surface area contributed by atoms with E-state index in [1.165, 1.54) is 0 Å². The van der Waals surface area contributed by atoms with Gasteiger partial charge in [-0.15, -0.1) is 0 Å². The molecule has 2 N–H and O–H groups in total.